The number of hydrogen-bond donors (Lipinski definition) is 1. The maximum Gasteiger partial charge on any atom is 0.158 e. The van der Waals surface area contributed by atoms with Gasteiger partial charge in [0.1, 0.15) is 18.2 Å². The van der Waals surface area contributed by atoms with Crippen LogP contribution in [0.4, 0.5) is 11.6 Å². The second-order valence-electron chi connectivity index (χ2n) is 5.63. The number of likely N-dealkylation sites (tertiary alicyclic amines) is 1. The summed E-state index contributed by atoms with van der Waals surface area (Å²) in [5.74, 6) is 2.73. The van der Waals surface area contributed by atoms with Crippen LogP contribution in [0.3, 0.4) is 0 Å². The third kappa shape index (κ3) is 4.05. The molecular formula is C14H25N5O. The van der Waals surface area contributed by atoms with E-state index in [9.17, 15) is 0 Å². The van der Waals surface area contributed by atoms with Gasteiger partial charge in [-0.1, -0.05) is 0 Å². The molecule has 2 rings (SSSR count). The zero-order chi connectivity index (χ0) is 14.5. The van der Waals surface area contributed by atoms with Gasteiger partial charge in [0.2, 0.25) is 0 Å². The Labute approximate surface area is 120 Å². The molecule has 0 spiro atoms. The third-order valence-electron chi connectivity index (χ3n) is 3.81. The van der Waals surface area contributed by atoms with Crippen molar-refractivity contribution in [2.75, 3.05) is 51.5 Å². The van der Waals surface area contributed by atoms with Crippen LogP contribution in [-0.4, -0.2) is 55.7 Å². The molecule has 1 aromatic heterocycles. The van der Waals surface area contributed by atoms with E-state index in [1.165, 1.54) is 25.9 Å². The molecule has 2 N–H and O–H groups in total. The van der Waals surface area contributed by atoms with E-state index in [4.69, 9.17) is 10.5 Å². The van der Waals surface area contributed by atoms with Crippen molar-refractivity contribution in [2.24, 2.45) is 5.92 Å². The molecule has 0 amide bonds. The molecule has 1 fully saturated rings. The molecule has 1 saturated heterocycles. The van der Waals surface area contributed by atoms with Crippen molar-refractivity contribution >= 4 is 11.6 Å². The standard InChI is InChI=1S/C14H25N5O/c1-18-6-4-11(5-7-18)9-19(2)14-8-12(15)16-13(17-14)10-20-3/h8,11H,4-7,9-10H2,1-3H3,(H2,15,16,17). The lowest BCUT2D eigenvalue weighted by Gasteiger charge is -2.32. The third-order valence-corrected chi connectivity index (χ3v) is 3.81. The Morgan fingerprint density at radius 1 is 1.40 bits per heavy atom. The minimum atomic E-state index is 0.389. The van der Waals surface area contributed by atoms with E-state index in [1.54, 1.807) is 7.11 Å². The van der Waals surface area contributed by atoms with E-state index in [1.807, 2.05) is 6.07 Å². The Morgan fingerprint density at radius 3 is 2.75 bits per heavy atom. The van der Waals surface area contributed by atoms with Crippen LogP contribution < -0.4 is 10.6 Å². The van der Waals surface area contributed by atoms with Gasteiger partial charge < -0.3 is 20.3 Å². The number of hydrogen-bond acceptors (Lipinski definition) is 6. The Morgan fingerprint density at radius 2 is 2.10 bits per heavy atom. The Balaban J connectivity index is 1.99. The van der Waals surface area contributed by atoms with E-state index in [0.717, 1.165) is 18.3 Å². The number of aromatic nitrogens is 2. The van der Waals surface area contributed by atoms with Crippen molar-refractivity contribution in [1.82, 2.24) is 14.9 Å². The maximum absolute atomic E-state index is 5.84. The summed E-state index contributed by atoms with van der Waals surface area (Å²) >= 11 is 0. The summed E-state index contributed by atoms with van der Waals surface area (Å²) in [5, 5.41) is 0. The lowest BCUT2D eigenvalue weighted by molar-refractivity contribution is 0.178. The molecule has 0 bridgehead atoms. The van der Waals surface area contributed by atoms with Gasteiger partial charge in [-0.15, -0.1) is 0 Å². The highest BCUT2D eigenvalue weighted by atomic mass is 16.5. The summed E-state index contributed by atoms with van der Waals surface area (Å²) in [7, 11) is 5.88. The summed E-state index contributed by atoms with van der Waals surface area (Å²) < 4.78 is 5.07. The second kappa shape index (κ2) is 6.85. The number of nitrogens with two attached hydrogens (primary N) is 1. The Bertz CT molecular complexity index is 432. The minimum absolute atomic E-state index is 0.389. The van der Waals surface area contributed by atoms with E-state index in [2.05, 4.69) is 33.9 Å². The summed E-state index contributed by atoms with van der Waals surface area (Å²) in [6.07, 6.45) is 2.48. The summed E-state index contributed by atoms with van der Waals surface area (Å²) in [6.45, 7) is 3.76. The molecule has 6 heteroatoms. The van der Waals surface area contributed by atoms with Crippen LogP contribution in [0.15, 0.2) is 6.07 Å². The zero-order valence-electron chi connectivity index (χ0n) is 12.7. The van der Waals surface area contributed by atoms with Crippen LogP contribution in [0.5, 0.6) is 0 Å². The average Bonchev–Trinajstić information content (AvgIpc) is 2.41. The molecule has 0 aliphatic carbocycles. The van der Waals surface area contributed by atoms with Gasteiger partial charge in [0.05, 0.1) is 0 Å². The molecule has 0 radical (unpaired) electrons. The molecule has 112 valence electrons. The largest absolute Gasteiger partial charge is 0.384 e. The van der Waals surface area contributed by atoms with Crippen molar-refractivity contribution in [3.8, 4) is 0 Å². The normalized spacial score (nSPS) is 17.4. The van der Waals surface area contributed by atoms with Crippen LogP contribution in [-0.2, 0) is 11.3 Å². The van der Waals surface area contributed by atoms with Gasteiger partial charge in [0.15, 0.2) is 5.82 Å². The van der Waals surface area contributed by atoms with Crippen molar-refractivity contribution < 1.29 is 4.74 Å². The fourth-order valence-electron chi connectivity index (χ4n) is 2.62. The molecule has 0 atom stereocenters. The van der Waals surface area contributed by atoms with E-state index in [-0.39, 0.29) is 0 Å². The highest BCUT2D eigenvalue weighted by Gasteiger charge is 2.19. The lowest BCUT2D eigenvalue weighted by Crippen LogP contribution is -2.36. The highest BCUT2D eigenvalue weighted by molar-refractivity contribution is 5.46. The summed E-state index contributed by atoms with van der Waals surface area (Å²) in [5.41, 5.74) is 5.84. The number of anilines is 2. The SMILES string of the molecule is COCc1nc(N)cc(N(C)CC2CCN(C)CC2)n1. The van der Waals surface area contributed by atoms with Crippen LogP contribution in [0.25, 0.3) is 0 Å². The van der Waals surface area contributed by atoms with E-state index >= 15 is 0 Å². The molecule has 0 unspecified atom stereocenters. The molecule has 2 heterocycles. The van der Waals surface area contributed by atoms with Crippen molar-refractivity contribution in [3.05, 3.63) is 11.9 Å². The van der Waals surface area contributed by atoms with Gasteiger partial charge in [-0.3, -0.25) is 0 Å². The zero-order valence-corrected chi connectivity index (χ0v) is 12.7. The highest BCUT2D eigenvalue weighted by Crippen LogP contribution is 2.20. The van der Waals surface area contributed by atoms with Crippen molar-refractivity contribution in [1.29, 1.82) is 0 Å². The number of methoxy groups -OCH3 is 1. The maximum atomic E-state index is 5.84. The quantitative estimate of drug-likeness (QED) is 0.867. The number of nitrogens with zero attached hydrogens (tertiary/aromatic N) is 4. The fraction of sp³-hybridized carbons (Fsp3) is 0.714. The van der Waals surface area contributed by atoms with Gasteiger partial charge in [-0.2, -0.15) is 0 Å². The van der Waals surface area contributed by atoms with Gasteiger partial charge in [0.25, 0.3) is 0 Å². The molecule has 1 aromatic rings. The molecule has 0 saturated carbocycles. The first-order chi connectivity index (χ1) is 9.58. The molecule has 1 aliphatic rings. The second-order valence-corrected chi connectivity index (χ2v) is 5.63. The summed E-state index contributed by atoms with van der Waals surface area (Å²) in [6, 6.07) is 1.83. The van der Waals surface area contributed by atoms with Crippen LogP contribution in [0.2, 0.25) is 0 Å². The molecular weight excluding hydrogens is 254 g/mol. The van der Waals surface area contributed by atoms with Gasteiger partial charge >= 0.3 is 0 Å². The first kappa shape index (κ1) is 15.0. The van der Waals surface area contributed by atoms with E-state index in [0.29, 0.717) is 18.2 Å². The first-order valence-electron chi connectivity index (χ1n) is 7.10. The number of piperidine rings is 1. The summed E-state index contributed by atoms with van der Waals surface area (Å²) in [4.78, 5) is 13.2. The fourth-order valence-corrected chi connectivity index (χ4v) is 2.62. The van der Waals surface area contributed by atoms with Gasteiger partial charge in [0, 0.05) is 26.8 Å². The molecule has 6 nitrogen and oxygen atoms in total. The van der Waals surface area contributed by atoms with E-state index < -0.39 is 0 Å². The predicted molar refractivity (Wildman–Crippen MR) is 80.6 cm³/mol. The predicted octanol–water partition coefficient (Wildman–Crippen LogP) is 0.983. The molecule has 0 aromatic carbocycles. The molecule has 20 heavy (non-hydrogen) atoms. The Kier molecular flexibility index (Phi) is 5.14. The number of rotatable bonds is 5. The molecule has 1 aliphatic heterocycles. The number of ether oxygens (including phenoxy) is 1. The Hall–Kier alpha value is -1.40. The smallest absolute Gasteiger partial charge is 0.158 e. The van der Waals surface area contributed by atoms with Crippen LogP contribution >= 0.6 is 0 Å². The minimum Gasteiger partial charge on any atom is -0.384 e. The van der Waals surface area contributed by atoms with Crippen LogP contribution in [0.1, 0.15) is 18.7 Å². The topological polar surface area (TPSA) is 67.5 Å². The number of nitrogen functional groups attached to an aromatic ring is 1. The van der Waals surface area contributed by atoms with Gasteiger partial charge in [-0.25, -0.2) is 9.97 Å². The first-order valence-corrected chi connectivity index (χ1v) is 7.10. The monoisotopic (exact) mass is 279 g/mol. The average molecular weight is 279 g/mol. The van der Waals surface area contributed by atoms with Crippen molar-refractivity contribution in [3.63, 3.8) is 0 Å². The lowest BCUT2D eigenvalue weighted by atomic mass is 9.97. The van der Waals surface area contributed by atoms with Crippen molar-refractivity contribution in [2.45, 2.75) is 19.4 Å². The van der Waals surface area contributed by atoms with Gasteiger partial charge in [-0.05, 0) is 38.9 Å². The van der Waals surface area contributed by atoms with Crippen LogP contribution in [0, 0.1) is 5.92 Å².